The molecule has 0 aliphatic carbocycles. The SMILES string of the molecule is NC(=O)c1[nH]c2ccccc2c1-c1ccc(NC(=O)Nc2cc(C(F)(F)F)ccc2F)cc1. The average molecular weight is 456 g/mol. The first-order valence-electron chi connectivity index (χ1n) is 9.59. The number of carbonyl (C=O) groups excluding carboxylic acids is 2. The molecule has 0 aliphatic heterocycles. The Morgan fingerprint density at radius 1 is 0.909 bits per heavy atom. The summed E-state index contributed by atoms with van der Waals surface area (Å²) in [6, 6.07) is 14.4. The molecule has 0 atom stereocenters. The highest BCUT2D eigenvalue weighted by Crippen LogP contribution is 2.34. The third-order valence-electron chi connectivity index (χ3n) is 4.93. The lowest BCUT2D eigenvalue weighted by Crippen LogP contribution is -2.20. The van der Waals surface area contributed by atoms with Crippen LogP contribution in [0.5, 0.6) is 0 Å². The van der Waals surface area contributed by atoms with E-state index in [0.29, 0.717) is 35.0 Å². The van der Waals surface area contributed by atoms with Crippen molar-refractivity contribution in [3.63, 3.8) is 0 Å². The number of fused-ring (bicyclic) bond motifs is 1. The van der Waals surface area contributed by atoms with E-state index in [1.807, 2.05) is 18.2 Å². The zero-order chi connectivity index (χ0) is 23.8. The summed E-state index contributed by atoms with van der Waals surface area (Å²) in [7, 11) is 0. The maximum absolute atomic E-state index is 13.8. The summed E-state index contributed by atoms with van der Waals surface area (Å²) in [5, 5.41) is 5.28. The van der Waals surface area contributed by atoms with Gasteiger partial charge >= 0.3 is 12.2 Å². The highest BCUT2D eigenvalue weighted by atomic mass is 19.4. The molecule has 0 spiro atoms. The number of benzene rings is 3. The van der Waals surface area contributed by atoms with Crippen molar-refractivity contribution in [3.05, 3.63) is 83.8 Å². The fourth-order valence-corrected chi connectivity index (χ4v) is 3.43. The van der Waals surface area contributed by atoms with Crippen molar-refractivity contribution in [1.29, 1.82) is 0 Å². The van der Waals surface area contributed by atoms with Gasteiger partial charge in [0.05, 0.1) is 11.3 Å². The number of urea groups is 1. The second-order valence-corrected chi connectivity index (χ2v) is 7.13. The van der Waals surface area contributed by atoms with Gasteiger partial charge < -0.3 is 21.4 Å². The van der Waals surface area contributed by atoms with E-state index >= 15 is 0 Å². The normalized spacial score (nSPS) is 11.4. The molecule has 4 rings (SSSR count). The third kappa shape index (κ3) is 4.49. The summed E-state index contributed by atoms with van der Waals surface area (Å²) in [4.78, 5) is 27.1. The van der Waals surface area contributed by atoms with Gasteiger partial charge in [-0.1, -0.05) is 30.3 Å². The smallest absolute Gasteiger partial charge is 0.364 e. The van der Waals surface area contributed by atoms with Crippen LogP contribution in [0.1, 0.15) is 16.1 Å². The van der Waals surface area contributed by atoms with E-state index in [2.05, 4.69) is 15.6 Å². The predicted octanol–water partition coefficient (Wildman–Crippen LogP) is 5.74. The van der Waals surface area contributed by atoms with Gasteiger partial charge in [0.2, 0.25) is 0 Å². The van der Waals surface area contributed by atoms with Gasteiger partial charge in [-0.2, -0.15) is 13.2 Å². The van der Waals surface area contributed by atoms with Crippen LogP contribution in [0.4, 0.5) is 33.7 Å². The second kappa shape index (κ2) is 8.30. The lowest BCUT2D eigenvalue weighted by Gasteiger charge is -2.12. The molecule has 4 aromatic rings. The first-order valence-corrected chi connectivity index (χ1v) is 9.59. The molecule has 3 amide bonds. The van der Waals surface area contributed by atoms with E-state index in [4.69, 9.17) is 5.73 Å². The number of aromatic amines is 1. The van der Waals surface area contributed by atoms with Gasteiger partial charge in [-0.15, -0.1) is 0 Å². The van der Waals surface area contributed by atoms with Crippen LogP contribution in [-0.4, -0.2) is 16.9 Å². The second-order valence-electron chi connectivity index (χ2n) is 7.13. The van der Waals surface area contributed by atoms with Crippen LogP contribution < -0.4 is 16.4 Å². The van der Waals surface area contributed by atoms with Gasteiger partial charge in [-0.3, -0.25) is 4.79 Å². The first kappa shape index (κ1) is 21.9. The van der Waals surface area contributed by atoms with Crippen molar-refractivity contribution in [2.24, 2.45) is 5.73 Å². The van der Waals surface area contributed by atoms with Crippen LogP contribution in [0, 0.1) is 5.82 Å². The van der Waals surface area contributed by atoms with Gasteiger partial charge in [0.1, 0.15) is 11.5 Å². The molecular formula is C23H16F4N4O2. The number of primary amides is 1. The molecule has 10 heteroatoms. The molecule has 33 heavy (non-hydrogen) atoms. The van der Waals surface area contributed by atoms with Gasteiger partial charge in [-0.05, 0) is 42.0 Å². The number of nitrogens with two attached hydrogens (primary N) is 1. The van der Waals surface area contributed by atoms with Crippen LogP contribution in [-0.2, 0) is 6.18 Å². The number of rotatable bonds is 4. The van der Waals surface area contributed by atoms with Crippen molar-refractivity contribution >= 4 is 34.2 Å². The van der Waals surface area contributed by atoms with Gasteiger partial charge in [0.25, 0.3) is 5.91 Å². The zero-order valence-corrected chi connectivity index (χ0v) is 16.8. The van der Waals surface area contributed by atoms with E-state index in [0.717, 1.165) is 10.9 Å². The summed E-state index contributed by atoms with van der Waals surface area (Å²) in [5.74, 6) is -1.64. The van der Waals surface area contributed by atoms with Gasteiger partial charge in [0, 0.05) is 22.2 Å². The van der Waals surface area contributed by atoms with E-state index < -0.39 is 35.2 Å². The minimum absolute atomic E-state index is 0.231. The Balaban J connectivity index is 1.55. The molecule has 0 saturated heterocycles. The number of H-pyrrole nitrogens is 1. The van der Waals surface area contributed by atoms with E-state index in [1.54, 1.807) is 18.2 Å². The third-order valence-corrected chi connectivity index (χ3v) is 4.93. The largest absolute Gasteiger partial charge is 0.416 e. The molecule has 0 bridgehead atoms. The van der Waals surface area contributed by atoms with Crippen molar-refractivity contribution in [2.75, 3.05) is 10.6 Å². The zero-order valence-electron chi connectivity index (χ0n) is 16.8. The number of amides is 3. The Labute approximate surface area is 184 Å². The fourth-order valence-electron chi connectivity index (χ4n) is 3.43. The Hall–Kier alpha value is -4.34. The molecule has 1 heterocycles. The van der Waals surface area contributed by atoms with Crippen LogP contribution >= 0.6 is 0 Å². The Bertz CT molecular complexity index is 1360. The van der Waals surface area contributed by atoms with Crippen LogP contribution in [0.3, 0.4) is 0 Å². The quantitative estimate of drug-likeness (QED) is 0.295. The Kier molecular flexibility index (Phi) is 5.50. The summed E-state index contributed by atoms with van der Waals surface area (Å²) in [5.41, 5.74) is 6.30. The lowest BCUT2D eigenvalue weighted by atomic mass is 10.0. The van der Waals surface area contributed by atoms with Crippen LogP contribution in [0.2, 0.25) is 0 Å². The van der Waals surface area contributed by atoms with Crippen molar-refractivity contribution in [1.82, 2.24) is 4.98 Å². The molecule has 168 valence electrons. The highest BCUT2D eigenvalue weighted by Gasteiger charge is 2.31. The molecule has 0 saturated carbocycles. The first-order chi connectivity index (χ1) is 15.6. The summed E-state index contributed by atoms with van der Waals surface area (Å²) >= 11 is 0. The highest BCUT2D eigenvalue weighted by molar-refractivity contribution is 6.09. The molecule has 1 aromatic heterocycles. The van der Waals surface area contributed by atoms with Crippen molar-refractivity contribution in [2.45, 2.75) is 6.18 Å². The number of hydrogen-bond donors (Lipinski definition) is 4. The predicted molar refractivity (Wildman–Crippen MR) is 116 cm³/mol. The van der Waals surface area contributed by atoms with Crippen LogP contribution in [0.15, 0.2) is 66.7 Å². The van der Waals surface area contributed by atoms with Crippen molar-refractivity contribution < 1.29 is 27.2 Å². The topological polar surface area (TPSA) is 100 Å². The number of anilines is 2. The molecule has 5 N–H and O–H groups in total. The van der Waals surface area contributed by atoms with Crippen LogP contribution in [0.25, 0.3) is 22.0 Å². The molecule has 0 radical (unpaired) electrons. The number of aromatic nitrogens is 1. The minimum Gasteiger partial charge on any atom is -0.364 e. The number of alkyl halides is 3. The van der Waals surface area contributed by atoms with E-state index in [9.17, 15) is 27.2 Å². The maximum atomic E-state index is 13.8. The maximum Gasteiger partial charge on any atom is 0.416 e. The molecule has 0 aliphatic rings. The molecule has 0 fully saturated rings. The van der Waals surface area contributed by atoms with Crippen molar-refractivity contribution in [3.8, 4) is 11.1 Å². The number of halogens is 4. The number of hydrogen-bond acceptors (Lipinski definition) is 2. The summed E-state index contributed by atoms with van der Waals surface area (Å²) in [6.07, 6.45) is -4.68. The molecule has 3 aromatic carbocycles. The fraction of sp³-hybridized carbons (Fsp3) is 0.0435. The lowest BCUT2D eigenvalue weighted by molar-refractivity contribution is -0.137. The molecular weight excluding hydrogens is 440 g/mol. The standard InChI is InChI=1S/C23H16F4N4O2/c24-16-10-7-13(23(25,26)27)11-18(16)31-22(33)29-14-8-5-12(6-9-14)19-15-3-1-2-4-17(15)30-20(19)21(28)32/h1-11,30H,(H2,28,32)(H2,29,31,33). The number of para-hydroxylation sites is 1. The van der Waals surface area contributed by atoms with Gasteiger partial charge in [-0.25, -0.2) is 9.18 Å². The minimum atomic E-state index is -4.68. The summed E-state index contributed by atoms with van der Waals surface area (Å²) < 4.78 is 52.3. The van der Waals surface area contributed by atoms with E-state index in [1.165, 1.54) is 12.1 Å². The number of nitrogens with one attached hydrogen (secondary N) is 3. The monoisotopic (exact) mass is 456 g/mol. The average Bonchev–Trinajstić information content (AvgIpc) is 3.15. The Morgan fingerprint density at radius 3 is 2.27 bits per heavy atom. The van der Waals surface area contributed by atoms with Gasteiger partial charge in [0.15, 0.2) is 0 Å². The Morgan fingerprint density at radius 2 is 1.61 bits per heavy atom. The molecule has 0 unspecified atom stereocenters. The summed E-state index contributed by atoms with van der Waals surface area (Å²) in [6.45, 7) is 0. The number of carbonyl (C=O) groups is 2. The van der Waals surface area contributed by atoms with E-state index in [-0.39, 0.29) is 5.69 Å². The molecule has 6 nitrogen and oxygen atoms in total.